The Labute approximate surface area is 143 Å². The number of hydrogen-bond acceptors (Lipinski definition) is 2. The van der Waals surface area contributed by atoms with Crippen LogP contribution in [0.4, 0.5) is 0 Å². The van der Waals surface area contributed by atoms with Gasteiger partial charge in [-0.25, -0.2) is 0 Å². The molecular formula is C18H27IO2. The summed E-state index contributed by atoms with van der Waals surface area (Å²) in [7, 11) is 3.52. The van der Waals surface area contributed by atoms with E-state index in [1.807, 2.05) is 6.07 Å². The molecule has 3 heteroatoms. The lowest BCUT2D eigenvalue weighted by molar-refractivity contribution is 0.142. The molecular weight excluding hydrogens is 375 g/mol. The van der Waals surface area contributed by atoms with E-state index in [9.17, 15) is 0 Å². The van der Waals surface area contributed by atoms with Crippen LogP contribution in [0.25, 0.3) is 6.08 Å². The second-order valence-corrected chi connectivity index (χ2v) is 6.58. The number of ether oxygens (including phenoxy) is 2. The highest BCUT2D eigenvalue weighted by atomic mass is 127. The summed E-state index contributed by atoms with van der Waals surface area (Å²) in [5, 5.41) is 0. The molecule has 118 valence electrons. The van der Waals surface area contributed by atoms with Gasteiger partial charge in [0, 0.05) is 22.9 Å². The van der Waals surface area contributed by atoms with Gasteiger partial charge in [0.05, 0.1) is 7.11 Å². The molecule has 0 N–H and O–H groups in total. The normalized spacial score (nSPS) is 12.8. The van der Waals surface area contributed by atoms with Crippen molar-refractivity contribution in [3.8, 4) is 5.75 Å². The standard InChI is InChI=1S/C18H27IO2/c1-4-8-15(14-20-2)9-6-5-7-10-16-13-17(19)11-12-18(16)21-3/h7,10-13,15H,4-6,8-9,14H2,1-3H3/b10-7+. The van der Waals surface area contributed by atoms with E-state index in [1.54, 1.807) is 14.2 Å². The molecule has 2 nitrogen and oxygen atoms in total. The molecule has 1 aromatic rings. The first-order valence-corrected chi connectivity index (χ1v) is 8.78. The molecule has 0 saturated heterocycles. The van der Waals surface area contributed by atoms with Crippen molar-refractivity contribution in [2.75, 3.05) is 20.8 Å². The Bertz CT molecular complexity index is 423. The number of unbranched alkanes of at least 4 members (excludes halogenated alkanes) is 1. The molecule has 0 radical (unpaired) electrons. The SMILES string of the molecule is CCCC(CCC/C=C/c1cc(I)ccc1OC)COC. The van der Waals surface area contributed by atoms with Gasteiger partial charge < -0.3 is 9.47 Å². The van der Waals surface area contributed by atoms with Crippen molar-refractivity contribution in [1.82, 2.24) is 0 Å². The van der Waals surface area contributed by atoms with Crippen LogP contribution in [-0.4, -0.2) is 20.8 Å². The first-order valence-electron chi connectivity index (χ1n) is 7.70. The fourth-order valence-electron chi connectivity index (χ4n) is 2.53. The molecule has 1 unspecified atom stereocenters. The fraction of sp³-hybridized carbons (Fsp3) is 0.556. The third-order valence-electron chi connectivity index (χ3n) is 3.57. The van der Waals surface area contributed by atoms with Crippen LogP contribution in [0.5, 0.6) is 5.75 Å². The Morgan fingerprint density at radius 2 is 2.05 bits per heavy atom. The summed E-state index contributed by atoms with van der Waals surface area (Å²) < 4.78 is 11.9. The molecule has 1 aromatic carbocycles. The summed E-state index contributed by atoms with van der Waals surface area (Å²) in [6, 6.07) is 6.24. The van der Waals surface area contributed by atoms with Crippen molar-refractivity contribution in [2.45, 2.75) is 39.0 Å². The molecule has 0 heterocycles. The van der Waals surface area contributed by atoms with Crippen molar-refractivity contribution in [3.05, 3.63) is 33.4 Å². The van der Waals surface area contributed by atoms with E-state index in [0.29, 0.717) is 5.92 Å². The fourth-order valence-corrected chi connectivity index (χ4v) is 3.04. The number of rotatable bonds is 10. The zero-order chi connectivity index (χ0) is 15.5. The second-order valence-electron chi connectivity index (χ2n) is 5.33. The van der Waals surface area contributed by atoms with E-state index < -0.39 is 0 Å². The van der Waals surface area contributed by atoms with E-state index >= 15 is 0 Å². The number of benzene rings is 1. The third-order valence-corrected chi connectivity index (χ3v) is 4.24. The minimum Gasteiger partial charge on any atom is -0.496 e. The van der Waals surface area contributed by atoms with Gasteiger partial charge in [-0.05, 0) is 72.4 Å². The average molecular weight is 402 g/mol. The van der Waals surface area contributed by atoms with Crippen LogP contribution in [-0.2, 0) is 4.74 Å². The number of hydrogen-bond donors (Lipinski definition) is 0. The molecule has 0 fully saturated rings. The van der Waals surface area contributed by atoms with Gasteiger partial charge in [0.2, 0.25) is 0 Å². The van der Waals surface area contributed by atoms with Crippen LogP contribution in [0.2, 0.25) is 0 Å². The van der Waals surface area contributed by atoms with Crippen molar-refractivity contribution in [2.24, 2.45) is 5.92 Å². The Morgan fingerprint density at radius 3 is 2.71 bits per heavy atom. The van der Waals surface area contributed by atoms with E-state index in [2.05, 4.69) is 53.8 Å². The predicted molar refractivity (Wildman–Crippen MR) is 98.9 cm³/mol. The lowest BCUT2D eigenvalue weighted by atomic mass is 9.98. The maximum absolute atomic E-state index is 5.39. The molecule has 0 aliphatic carbocycles. The number of methoxy groups -OCH3 is 2. The van der Waals surface area contributed by atoms with Gasteiger partial charge in [0.1, 0.15) is 5.75 Å². The van der Waals surface area contributed by atoms with E-state index in [4.69, 9.17) is 9.47 Å². The van der Waals surface area contributed by atoms with Crippen LogP contribution < -0.4 is 4.74 Å². The highest BCUT2D eigenvalue weighted by molar-refractivity contribution is 14.1. The van der Waals surface area contributed by atoms with Gasteiger partial charge >= 0.3 is 0 Å². The van der Waals surface area contributed by atoms with Crippen molar-refractivity contribution >= 4 is 28.7 Å². The van der Waals surface area contributed by atoms with Gasteiger partial charge in [-0.15, -0.1) is 0 Å². The van der Waals surface area contributed by atoms with Crippen molar-refractivity contribution < 1.29 is 9.47 Å². The molecule has 0 amide bonds. The second kappa shape index (κ2) is 11.1. The highest BCUT2D eigenvalue weighted by Gasteiger charge is 2.06. The molecule has 1 rings (SSSR count). The maximum Gasteiger partial charge on any atom is 0.126 e. The largest absolute Gasteiger partial charge is 0.496 e. The molecule has 1 atom stereocenters. The van der Waals surface area contributed by atoms with E-state index in [1.165, 1.54) is 29.3 Å². The van der Waals surface area contributed by atoms with Gasteiger partial charge in [0.25, 0.3) is 0 Å². The van der Waals surface area contributed by atoms with Gasteiger partial charge in [0.15, 0.2) is 0 Å². The monoisotopic (exact) mass is 402 g/mol. The zero-order valence-electron chi connectivity index (χ0n) is 13.4. The van der Waals surface area contributed by atoms with Gasteiger partial charge in [-0.2, -0.15) is 0 Å². The van der Waals surface area contributed by atoms with E-state index in [0.717, 1.165) is 24.3 Å². The van der Waals surface area contributed by atoms with E-state index in [-0.39, 0.29) is 0 Å². The molecule has 21 heavy (non-hydrogen) atoms. The topological polar surface area (TPSA) is 18.5 Å². The Kier molecular flexibility index (Phi) is 9.76. The number of halogens is 1. The first-order chi connectivity index (χ1) is 10.2. The van der Waals surface area contributed by atoms with Gasteiger partial charge in [-0.3, -0.25) is 0 Å². The average Bonchev–Trinajstić information content (AvgIpc) is 2.47. The highest BCUT2D eigenvalue weighted by Crippen LogP contribution is 2.23. The quantitative estimate of drug-likeness (QED) is 0.378. The van der Waals surface area contributed by atoms with Crippen molar-refractivity contribution in [3.63, 3.8) is 0 Å². The molecule has 0 bridgehead atoms. The lowest BCUT2D eigenvalue weighted by Crippen LogP contribution is -2.07. The maximum atomic E-state index is 5.39. The minimum atomic E-state index is 0.709. The third kappa shape index (κ3) is 7.32. The minimum absolute atomic E-state index is 0.709. The Morgan fingerprint density at radius 1 is 1.24 bits per heavy atom. The predicted octanol–water partition coefficient (Wildman–Crippen LogP) is 5.55. The number of allylic oxidation sites excluding steroid dienone is 1. The van der Waals surface area contributed by atoms with Crippen molar-refractivity contribution in [1.29, 1.82) is 0 Å². The Hall–Kier alpha value is -0.550. The lowest BCUT2D eigenvalue weighted by Gasteiger charge is -2.14. The molecule has 0 aromatic heterocycles. The summed E-state index contributed by atoms with van der Waals surface area (Å²) in [6.45, 7) is 3.13. The smallest absolute Gasteiger partial charge is 0.126 e. The first kappa shape index (κ1) is 18.5. The zero-order valence-corrected chi connectivity index (χ0v) is 15.6. The summed E-state index contributed by atoms with van der Waals surface area (Å²) in [5.41, 5.74) is 1.16. The summed E-state index contributed by atoms with van der Waals surface area (Å²) in [6.07, 6.45) is 10.5. The van der Waals surface area contributed by atoms with Crippen LogP contribution >= 0.6 is 22.6 Å². The molecule has 0 aliphatic rings. The van der Waals surface area contributed by atoms with Crippen LogP contribution in [0.3, 0.4) is 0 Å². The summed E-state index contributed by atoms with van der Waals surface area (Å²) in [4.78, 5) is 0. The van der Waals surface area contributed by atoms with Crippen LogP contribution in [0, 0.1) is 9.49 Å². The van der Waals surface area contributed by atoms with Crippen LogP contribution in [0.1, 0.15) is 44.6 Å². The molecule has 0 aliphatic heterocycles. The molecule has 0 spiro atoms. The van der Waals surface area contributed by atoms with Crippen LogP contribution in [0.15, 0.2) is 24.3 Å². The summed E-state index contributed by atoms with van der Waals surface area (Å²) in [5.74, 6) is 1.65. The van der Waals surface area contributed by atoms with Gasteiger partial charge in [-0.1, -0.05) is 25.5 Å². The Balaban J connectivity index is 2.42. The summed E-state index contributed by atoms with van der Waals surface area (Å²) >= 11 is 2.33. The molecule has 0 saturated carbocycles.